The smallest absolute Gasteiger partial charge is 0.326 e. The monoisotopic (exact) mass is 341 g/mol. The molecule has 1 fully saturated rings. The summed E-state index contributed by atoms with van der Waals surface area (Å²) in [5, 5.41) is 0. The van der Waals surface area contributed by atoms with Crippen LogP contribution in [0.3, 0.4) is 0 Å². The van der Waals surface area contributed by atoms with Gasteiger partial charge in [-0.2, -0.15) is 0 Å². The fourth-order valence-corrected chi connectivity index (χ4v) is 3.02. The van der Waals surface area contributed by atoms with Crippen molar-refractivity contribution in [2.75, 3.05) is 32.2 Å². The van der Waals surface area contributed by atoms with Gasteiger partial charge >= 0.3 is 6.03 Å². The maximum Gasteiger partial charge on any atom is 0.326 e. The molecule has 6 heteroatoms. The van der Waals surface area contributed by atoms with Crippen molar-refractivity contribution in [3.8, 4) is 11.5 Å². The Labute approximate surface area is 147 Å². The highest BCUT2D eigenvalue weighted by Gasteiger charge is 2.36. The molecule has 1 unspecified atom stereocenters. The molecule has 0 spiro atoms. The highest BCUT2D eigenvalue weighted by atomic mass is 16.5. The van der Waals surface area contributed by atoms with Gasteiger partial charge in [-0.15, -0.1) is 0 Å². The van der Waals surface area contributed by atoms with Gasteiger partial charge in [0.25, 0.3) is 0 Å². The lowest BCUT2D eigenvalue weighted by Crippen LogP contribution is -2.41. The summed E-state index contributed by atoms with van der Waals surface area (Å²) >= 11 is 0. The lowest BCUT2D eigenvalue weighted by Gasteiger charge is -2.21. The van der Waals surface area contributed by atoms with E-state index in [1.807, 2.05) is 48.5 Å². The molecule has 2 aromatic carbocycles. The summed E-state index contributed by atoms with van der Waals surface area (Å²) in [5.74, 6) is 1.49. The minimum Gasteiger partial charge on any atom is -0.497 e. The molecular weight excluding hydrogens is 318 g/mol. The molecule has 2 N–H and O–H groups in total. The number of urea groups is 1. The normalized spacial score (nSPS) is 17.1. The van der Waals surface area contributed by atoms with E-state index in [-0.39, 0.29) is 12.2 Å². The molecule has 3 rings (SSSR count). The molecule has 1 aliphatic heterocycles. The predicted molar refractivity (Wildman–Crippen MR) is 97.1 cm³/mol. The number of nitrogens with two attached hydrogens (primary N) is 1. The quantitative estimate of drug-likeness (QED) is 0.876. The van der Waals surface area contributed by atoms with Gasteiger partial charge in [-0.1, -0.05) is 24.3 Å². The van der Waals surface area contributed by atoms with Crippen molar-refractivity contribution in [1.82, 2.24) is 4.90 Å². The topological polar surface area (TPSA) is 68.0 Å². The molecule has 0 saturated carbocycles. The van der Waals surface area contributed by atoms with Crippen molar-refractivity contribution in [3.05, 3.63) is 54.1 Å². The number of ether oxygens (including phenoxy) is 2. The van der Waals surface area contributed by atoms with Crippen LogP contribution in [0.5, 0.6) is 11.5 Å². The van der Waals surface area contributed by atoms with Gasteiger partial charge in [-0.25, -0.2) is 4.79 Å². The largest absolute Gasteiger partial charge is 0.497 e. The standard InChI is InChI=1S/C19H23N3O3/c1-24-15-9-7-14(8-10-15)11-12-21-18(20)13-22(19(21)23)16-5-3-4-6-17(16)25-2/h3-10,18H,11-13,20H2,1-2H3. The summed E-state index contributed by atoms with van der Waals surface area (Å²) in [6.07, 6.45) is 0.402. The van der Waals surface area contributed by atoms with E-state index in [1.54, 1.807) is 24.0 Å². The number of anilines is 1. The first-order valence-corrected chi connectivity index (χ1v) is 8.23. The molecule has 0 bridgehead atoms. The number of rotatable bonds is 6. The third-order valence-electron chi connectivity index (χ3n) is 4.42. The Balaban J connectivity index is 1.69. The number of carbonyl (C=O) groups is 1. The predicted octanol–water partition coefficient (Wildman–Crippen LogP) is 2.47. The van der Waals surface area contributed by atoms with E-state index in [0.717, 1.165) is 23.4 Å². The Bertz CT molecular complexity index is 733. The van der Waals surface area contributed by atoms with Crippen LogP contribution >= 0.6 is 0 Å². The fraction of sp³-hybridized carbons (Fsp3) is 0.316. The molecule has 25 heavy (non-hydrogen) atoms. The van der Waals surface area contributed by atoms with Crippen molar-refractivity contribution in [3.63, 3.8) is 0 Å². The van der Waals surface area contributed by atoms with Gasteiger partial charge in [0.05, 0.1) is 32.6 Å². The van der Waals surface area contributed by atoms with Crippen LogP contribution in [0, 0.1) is 0 Å². The average molecular weight is 341 g/mol. The van der Waals surface area contributed by atoms with Crippen LogP contribution in [-0.2, 0) is 6.42 Å². The van der Waals surface area contributed by atoms with Crippen molar-refractivity contribution in [2.24, 2.45) is 5.73 Å². The molecule has 1 aliphatic rings. The fourth-order valence-electron chi connectivity index (χ4n) is 3.02. The molecule has 0 aliphatic carbocycles. The first-order chi connectivity index (χ1) is 12.1. The van der Waals surface area contributed by atoms with Crippen molar-refractivity contribution in [2.45, 2.75) is 12.6 Å². The van der Waals surface area contributed by atoms with Crippen molar-refractivity contribution < 1.29 is 14.3 Å². The van der Waals surface area contributed by atoms with Crippen LogP contribution in [0.25, 0.3) is 0 Å². The van der Waals surface area contributed by atoms with Crippen LogP contribution in [-0.4, -0.2) is 44.4 Å². The number of amides is 2. The van der Waals surface area contributed by atoms with Gasteiger partial charge in [-0.05, 0) is 36.2 Å². The minimum absolute atomic E-state index is 0.0921. The summed E-state index contributed by atoms with van der Waals surface area (Å²) in [6, 6.07) is 15.2. The number of benzene rings is 2. The van der Waals surface area contributed by atoms with E-state index in [9.17, 15) is 4.79 Å². The molecule has 1 saturated heterocycles. The Kier molecular flexibility index (Phi) is 5.09. The number of carbonyl (C=O) groups excluding carboxylic acids is 1. The van der Waals surface area contributed by atoms with Gasteiger partial charge in [0.1, 0.15) is 11.5 Å². The van der Waals surface area contributed by atoms with Crippen molar-refractivity contribution >= 4 is 11.7 Å². The first-order valence-electron chi connectivity index (χ1n) is 8.23. The number of hydrogen-bond donors (Lipinski definition) is 1. The number of para-hydroxylation sites is 2. The van der Waals surface area contributed by atoms with Crippen LogP contribution in [0.4, 0.5) is 10.5 Å². The van der Waals surface area contributed by atoms with Crippen LogP contribution in [0.1, 0.15) is 5.56 Å². The third kappa shape index (κ3) is 3.53. The van der Waals surface area contributed by atoms with Gasteiger partial charge in [0, 0.05) is 6.54 Å². The summed E-state index contributed by atoms with van der Waals surface area (Å²) in [7, 11) is 3.24. The Morgan fingerprint density at radius 3 is 2.48 bits per heavy atom. The van der Waals surface area contributed by atoms with Crippen LogP contribution in [0.15, 0.2) is 48.5 Å². The van der Waals surface area contributed by atoms with E-state index < -0.39 is 0 Å². The zero-order valence-corrected chi connectivity index (χ0v) is 14.5. The molecule has 1 heterocycles. The zero-order chi connectivity index (χ0) is 17.8. The van der Waals surface area contributed by atoms with E-state index >= 15 is 0 Å². The Morgan fingerprint density at radius 1 is 1.08 bits per heavy atom. The third-order valence-corrected chi connectivity index (χ3v) is 4.42. The van der Waals surface area contributed by atoms with E-state index in [2.05, 4.69) is 0 Å². The van der Waals surface area contributed by atoms with E-state index in [4.69, 9.17) is 15.2 Å². The van der Waals surface area contributed by atoms with Gasteiger partial charge < -0.3 is 20.1 Å². The minimum atomic E-state index is -0.337. The maximum atomic E-state index is 12.8. The lowest BCUT2D eigenvalue weighted by atomic mass is 10.1. The Morgan fingerprint density at radius 2 is 1.80 bits per heavy atom. The summed E-state index contributed by atoms with van der Waals surface area (Å²) in [6.45, 7) is 1.01. The second-order valence-electron chi connectivity index (χ2n) is 5.92. The van der Waals surface area contributed by atoms with Gasteiger partial charge in [0.15, 0.2) is 0 Å². The van der Waals surface area contributed by atoms with Crippen LogP contribution < -0.4 is 20.1 Å². The molecule has 2 aromatic rings. The molecule has 1 atom stereocenters. The molecule has 0 aromatic heterocycles. The van der Waals surface area contributed by atoms with Gasteiger partial charge in [0.2, 0.25) is 0 Å². The van der Waals surface area contributed by atoms with Crippen LogP contribution in [0.2, 0.25) is 0 Å². The van der Waals surface area contributed by atoms with Gasteiger partial charge in [-0.3, -0.25) is 4.90 Å². The maximum absolute atomic E-state index is 12.8. The highest BCUT2D eigenvalue weighted by Crippen LogP contribution is 2.31. The first kappa shape index (κ1) is 17.1. The highest BCUT2D eigenvalue weighted by molar-refractivity contribution is 5.96. The summed E-state index contributed by atoms with van der Waals surface area (Å²) in [4.78, 5) is 16.2. The number of methoxy groups -OCH3 is 2. The Hall–Kier alpha value is -2.73. The number of nitrogens with zero attached hydrogens (tertiary/aromatic N) is 2. The van der Waals surface area contributed by atoms with Crippen molar-refractivity contribution in [1.29, 1.82) is 0 Å². The number of hydrogen-bond acceptors (Lipinski definition) is 4. The summed E-state index contributed by atoms with van der Waals surface area (Å²) < 4.78 is 10.5. The summed E-state index contributed by atoms with van der Waals surface area (Å²) in [5.41, 5.74) is 8.08. The zero-order valence-electron chi connectivity index (χ0n) is 14.5. The molecule has 132 valence electrons. The SMILES string of the molecule is COc1ccc(CCN2C(=O)N(c3ccccc3OC)CC2N)cc1. The van der Waals surface area contributed by atoms with E-state index in [1.165, 1.54) is 0 Å². The second kappa shape index (κ2) is 7.44. The molecule has 6 nitrogen and oxygen atoms in total. The molecule has 0 radical (unpaired) electrons. The molecule has 2 amide bonds. The van der Waals surface area contributed by atoms with E-state index in [0.29, 0.717) is 18.8 Å². The second-order valence-corrected chi connectivity index (χ2v) is 5.92. The lowest BCUT2D eigenvalue weighted by molar-refractivity contribution is 0.207. The molecular formula is C19H23N3O3. The average Bonchev–Trinajstić information content (AvgIpc) is 2.94.